The molecule has 1 amide bonds. The molecule has 122 valence electrons. The van der Waals surface area contributed by atoms with E-state index in [1.54, 1.807) is 0 Å². The molecule has 1 heterocycles. The van der Waals surface area contributed by atoms with Gasteiger partial charge in [-0.05, 0) is 30.3 Å². The van der Waals surface area contributed by atoms with Crippen molar-refractivity contribution >= 4 is 11.6 Å². The molecular weight excluding hydrogens is 326 g/mol. The Labute approximate surface area is 126 Å². The number of benzene rings is 1. The van der Waals surface area contributed by atoms with Gasteiger partial charge in [0.15, 0.2) is 0 Å². The maximum Gasteiger partial charge on any atom is 0.416 e. The Morgan fingerprint density at radius 2 is 1.48 bits per heavy atom. The molecule has 0 aliphatic carbocycles. The summed E-state index contributed by atoms with van der Waals surface area (Å²) in [5.41, 5.74) is -3.78. The molecule has 3 nitrogen and oxygen atoms in total. The van der Waals surface area contributed by atoms with Gasteiger partial charge in [-0.1, -0.05) is 6.07 Å². The Hall–Kier alpha value is -2.58. The number of hydrogen-bond acceptors (Lipinski definition) is 2. The van der Waals surface area contributed by atoms with Crippen LogP contribution < -0.4 is 5.32 Å². The molecule has 1 aromatic carbocycles. The Balaban J connectivity index is 2.40. The molecular formula is C14H8F6N2O. The number of hydrogen-bond donors (Lipinski definition) is 1. The second-order valence-corrected chi connectivity index (χ2v) is 4.46. The van der Waals surface area contributed by atoms with Crippen LogP contribution in [0.25, 0.3) is 0 Å². The molecule has 0 aliphatic heterocycles. The molecule has 0 saturated carbocycles. The van der Waals surface area contributed by atoms with Crippen molar-refractivity contribution in [2.75, 3.05) is 5.32 Å². The topological polar surface area (TPSA) is 42.0 Å². The van der Waals surface area contributed by atoms with Crippen molar-refractivity contribution < 1.29 is 31.1 Å². The summed E-state index contributed by atoms with van der Waals surface area (Å²) < 4.78 is 76.2. The fraction of sp³-hybridized carbons (Fsp3) is 0.143. The minimum atomic E-state index is -4.98. The number of halogens is 6. The lowest BCUT2D eigenvalue weighted by atomic mass is 10.1. The van der Waals surface area contributed by atoms with Gasteiger partial charge in [-0.3, -0.25) is 9.78 Å². The Morgan fingerprint density at radius 3 is 1.91 bits per heavy atom. The van der Waals surface area contributed by atoms with Crippen LogP contribution in [0.3, 0.4) is 0 Å². The van der Waals surface area contributed by atoms with E-state index in [4.69, 9.17) is 0 Å². The zero-order chi connectivity index (χ0) is 17.3. The van der Waals surface area contributed by atoms with Crippen molar-refractivity contribution in [3.05, 3.63) is 59.4 Å². The molecule has 0 aliphatic rings. The van der Waals surface area contributed by atoms with Gasteiger partial charge >= 0.3 is 12.4 Å². The highest BCUT2D eigenvalue weighted by molar-refractivity contribution is 6.02. The molecule has 2 aromatic rings. The molecule has 23 heavy (non-hydrogen) atoms. The second kappa shape index (κ2) is 5.90. The van der Waals surface area contributed by atoms with Gasteiger partial charge in [0.25, 0.3) is 5.91 Å². The van der Waals surface area contributed by atoms with E-state index in [1.165, 1.54) is 24.4 Å². The lowest BCUT2D eigenvalue weighted by molar-refractivity contribution is -0.143. The zero-order valence-corrected chi connectivity index (χ0v) is 11.2. The number of alkyl halides is 6. The number of nitrogens with one attached hydrogen (secondary N) is 1. The van der Waals surface area contributed by atoms with E-state index in [0.29, 0.717) is 12.1 Å². The van der Waals surface area contributed by atoms with Gasteiger partial charge in [0.05, 0.1) is 11.1 Å². The monoisotopic (exact) mass is 334 g/mol. The summed E-state index contributed by atoms with van der Waals surface area (Å²) in [6, 6.07) is 5.06. The summed E-state index contributed by atoms with van der Waals surface area (Å²) >= 11 is 0. The van der Waals surface area contributed by atoms with Gasteiger partial charge in [0.2, 0.25) is 0 Å². The molecule has 0 bridgehead atoms. The van der Waals surface area contributed by atoms with E-state index in [-0.39, 0.29) is 11.8 Å². The number of carbonyl (C=O) groups is 1. The summed E-state index contributed by atoms with van der Waals surface area (Å²) in [4.78, 5) is 15.5. The molecule has 0 unspecified atom stereocenters. The van der Waals surface area contributed by atoms with Gasteiger partial charge < -0.3 is 5.32 Å². The zero-order valence-electron chi connectivity index (χ0n) is 11.2. The Kier molecular flexibility index (Phi) is 4.31. The molecule has 1 aromatic heterocycles. The minimum Gasteiger partial charge on any atom is -0.321 e. The fourth-order valence-electron chi connectivity index (χ4n) is 1.72. The molecule has 0 atom stereocenters. The van der Waals surface area contributed by atoms with Crippen LogP contribution in [0, 0.1) is 0 Å². The Morgan fingerprint density at radius 1 is 0.913 bits per heavy atom. The van der Waals surface area contributed by atoms with Gasteiger partial charge in [-0.15, -0.1) is 0 Å². The summed E-state index contributed by atoms with van der Waals surface area (Å²) in [6.45, 7) is 0. The van der Waals surface area contributed by atoms with Gasteiger partial charge in [-0.2, -0.15) is 26.3 Å². The standard InChI is InChI=1S/C14H8F6N2O/c15-13(16,17)8-5-9(14(18,19)20)7-10(6-8)22-12(23)11-3-1-2-4-21-11/h1-7H,(H,22,23). The highest BCUT2D eigenvalue weighted by Gasteiger charge is 2.37. The van der Waals surface area contributed by atoms with Crippen LogP contribution in [0.15, 0.2) is 42.6 Å². The third-order valence-corrected chi connectivity index (χ3v) is 2.74. The van der Waals surface area contributed by atoms with Crippen LogP contribution in [0.1, 0.15) is 21.6 Å². The molecule has 9 heteroatoms. The number of carbonyl (C=O) groups excluding carboxylic acids is 1. The smallest absolute Gasteiger partial charge is 0.321 e. The number of pyridine rings is 1. The first-order chi connectivity index (χ1) is 10.6. The quantitative estimate of drug-likeness (QED) is 0.829. The van der Waals surface area contributed by atoms with E-state index < -0.39 is 35.1 Å². The summed E-state index contributed by atoms with van der Waals surface area (Å²) in [7, 11) is 0. The van der Waals surface area contributed by atoms with Crippen LogP contribution in [0.2, 0.25) is 0 Å². The first-order valence-electron chi connectivity index (χ1n) is 6.09. The van der Waals surface area contributed by atoms with Gasteiger partial charge in [0.1, 0.15) is 5.69 Å². The molecule has 1 N–H and O–H groups in total. The molecule has 2 rings (SSSR count). The number of amides is 1. The third-order valence-electron chi connectivity index (χ3n) is 2.74. The average Bonchev–Trinajstić information content (AvgIpc) is 2.46. The third kappa shape index (κ3) is 4.21. The second-order valence-electron chi connectivity index (χ2n) is 4.46. The predicted octanol–water partition coefficient (Wildman–Crippen LogP) is 4.37. The van der Waals surface area contributed by atoms with Crippen LogP contribution >= 0.6 is 0 Å². The number of rotatable bonds is 2. The summed E-state index contributed by atoms with van der Waals surface area (Å²) in [6.07, 6.45) is -8.69. The fourth-order valence-corrected chi connectivity index (χ4v) is 1.72. The van der Waals surface area contributed by atoms with Crippen LogP contribution in [0.4, 0.5) is 32.0 Å². The maximum absolute atomic E-state index is 12.7. The highest BCUT2D eigenvalue weighted by Crippen LogP contribution is 2.37. The Bertz CT molecular complexity index is 677. The molecule has 0 spiro atoms. The highest BCUT2D eigenvalue weighted by atomic mass is 19.4. The van der Waals surface area contributed by atoms with Crippen LogP contribution in [-0.4, -0.2) is 10.9 Å². The van der Waals surface area contributed by atoms with Crippen LogP contribution in [-0.2, 0) is 12.4 Å². The van der Waals surface area contributed by atoms with E-state index in [9.17, 15) is 31.1 Å². The van der Waals surface area contributed by atoms with Crippen molar-refractivity contribution in [3.8, 4) is 0 Å². The van der Waals surface area contributed by atoms with E-state index >= 15 is 0 Å². The first kappa shape index (κ1) is 16.8. The maximum atomic E-state index is 12.7. The largest absolute Gasteiger partial charge is 0.416 e. The summed E-state index contributed by atoms with van der Waals surface area (Å²) in [5.74, 6) is -0.918. The van der Waals surface area contributed by atoms with E-state index in [1.807, 2.05) is 5.32 Å². The van der Waals surface area contributed by atoms with E-state index in [0.717, 1.165) is 0 Å². The average molecular weight is 334 g/mol. The van der Waals surface area contributed by atoms with Crippen molar-refractivity contribution in [2.45, 2.75) is 12.4 Å². The minimum absolute atomic E-state index is 0.0174. The summed E-state index contributed by atoms with van der Waals surface area (Å²) in [5, 5.41) is 1.98. The van der Waals surface area contributed by atoms with Crippen LogP contribution in [0.5, 0.6) is 0 Å². The normalized spacial score (nSPS) is 12.1. The lowest BCUT2D eigenvalue weighted by Crippen LogP contribution is -2.16. The van der Waals surface area contributed by atoms with Crippen molar-refractivity contribution in [2.24, 2.45) is 0 Å². The molecule has 0 fully saturated rings. The SMILES string of the molecule is O=C(Nc1cc(C(F)(F)F)cc(C(F)(F)F)c1)c1ccccn1. The first-order valence-corrected chi connectivity index (χ1v) is 6.09. The lowest BCUT2D eigenvalue weighted by Gasteiger charge is -2.14. The molecule has 0 saturated heterocycles. The number of nitrogens with zero attached hydrogens (tertiary/aromatic N) is 1. The molecule has 0 radical (unpaired) electrons. The van der Waals surface area contributed by atoms with Gasteiger partial charge in [-0.25, -0.2) is 0 Å². The number of anilines is 1. The predicted molar refractivity (Wildman–Crippen MR) is 68.6 cm³/mol. The van der Waals surface area contributed by atoms with Crippen molar-refractivity contribution in [1.82, 2.24) is 4.98 Å². The van der Waals surface area contributed by atoms with Crippen molar-refractivity contribution in [1.29, 1.82) is 0 Å². The number of aromatic nitrogens is 1. The van der Waals surface area contributed by atoms with E-state index in [2.05, 4.69) is 4.98 Å². The van der Waals surface area contributed by atoms with Crippen molar-refractivity contribution in [3.63, 3.8) is 0 Å². The van der Waals surface area contributed by atoms with Gasteiger partial charge in [0, 0.05) is 11.9 Å².